The van der Waals surface area contributed by atoms with Crippen LogP contribution in [0.5, 0.6) is 0 Å². The highest BCUT2D eigenvalue weighted by atomic mass is 35.5. The summed E-state index contributed by atoms with van der Waals surface area (Å²) in [5.41, 5.74) is 1.36. The van der Waals surface area contributed by atoms with E-state index < -0.39 is 29.6 Å². The molecule has 2 bridgehead atoms. The number of halogens is 1. The zero-order valence-corrected chi connectivity index (χ0v) is 25.4. The van der Waals surface area contributed by atoms with E-state index in [1.54, 1.807) is 11.0 Å². The summed E-state index contributed by atoms with van der Waals surface area (Å²) in [7, 11) is 0. The zero-order valence-electron chi connectivity index (χ0n) is 24.7. The van der Waals surface area contributed by atoms with Crippen LogP contribution in [0.15, 0.2) is 60.7 Å². The molecule has 42 heavy (non-hydrogen) atoms. The minimum absolute atomic E-state index is 0.0180. The zero-order chi connectivity index (χ0) is 29.8. The molecule has 3 heterocycles. The van der Waals surface area contributed by atoms with Crippen molar-refractivity contribution in [3.05, 3.63) is 76.8 Å². The Balaban J connectivity index is 1.31. The number of fused-ring (bicyclic) bond motifs is 1. The third kappa shape index (κ3) is 4.84. The first kappa shape index (κ1) is 28.9. The minimum atomic E-state index is -1.22. The number of ether oxygens (including phenoxy) is 1. The average molecular weight is 590 g/mol. The number of carbonyl (C=O) groups is 3. The maximum atomic E-state index is 14.3. The van der Waals surface area contributed by atoms with Crippen LogP contribution >= 0.6 is 11.6 Å². The number of amides is 3. The first-order valence-electron chi connectivity index (χ1n) is 15.2. The summed E-state index contributed by atoms with van der Waals surface area (Å²) in [6.07, 6.45) is 6.21. The fraction of sp³-hybridized carbons (Fsp3) is 0.500. The number of hydrogen-bond acceptors (Lipinski definition) is 4. The highest BCUT2D eigenvalue weighted by Gasteiger charge is 2.72. The number of rotatable bonds is 7. The van der Waals surface area contributed by atoms with Crippen molar-refractivity contribution in [1.29, 1.82) is 0 Å². The van der Waals surface area contributed by atoms with E-state index in [0.717, 1.165) is 24.8 Å². The molecule has 2 N–H and O–H groups in total. The van der Waals surface area contributed by atoms with Crippen LogP contribution in [0.4, 0.5) is 5.69 Å². The quantitative estimate of drug-likeness (QED) is 0.406. The summed E-state index contributed by atoms with van der Waals surface area (Å²) in [5, 5.41) is 6.84. The second kappa shape index (κ2) is 11.2. The van der Waals surface area contributed by atoms with Gasteiger partial charge in [-0.05, 0) is 53.5 Å². The standard InChI is InChI=1S/C34H40ClN3O4/c1-19(2)22-12-14-24(15-13-22)36-31(39)28-27-16-17-34(42-27)29(28)33(41)38(18-23-9-5-6-10-25(23)35)30(34)32(40)37-26-11-7-8-20(3)21(26)4/h5-6,9-10,12-17,19-21,26-30H,7-8,11,18H2,1-4H3,(H,36,39)(H,37,40)/t20-,21+,26-,27-,28+,29-,30-,34-/m1/s1. The molecule has 0 radical (unpaired) electrons. The van der Waals surface area contributed by atoms with Gasteiger partial charge in [0.05, 0.1) is 17.9 Å². The molecular formula is C34H40ClN3O4. The maximum Gasteiger partial charge on any atom is 0.246 e. The summed E-state index contributed by atoms with van der Waals surface area (Å²) in [6, 6.07) is 14.2. The Labute approximate surface area is 253 Å². The molecule has 3 fully saturated rings. The van der Waals surface area contributed by atoms with Crippen LogP contribution in [0.3, 0.4) is 0 Å². The Morgan fingerprint density at radius 2 is 1.81 bits per heavy atom. The molecule has 7 nitrogen and oxygen atoms in total. The van der Waals surface area contributed by atoms with E-state index >= 15 is 0 Å². The Bertz CT molecular complexity index is 1410. The van der Waals surface area contributed by atoms with Gasteiger partial charge in [0.25, 0.3) is 0 Å². The van der Waals surface area contributed by atoms with E-state index in [-0.39, 0.29) is 30.3 Å². The van der Waals surface area contributed by atoms with Crippen LogP contribution in [0.1, 0.15) is 64.0 Å². The fourth-order valence-corrected chi connectivity index (χ4v) is 7.67. The van der Waals surface area contributed by atoms with Crippen molar-refractivity contribution in [2.75, 3.05) is 5.32 Å². The normalized spacial score (nSPS) is 33.2. The average Bonchev–Trinajstić information content (AvgIpc) is 3.60. The van der Waals surface area contributed by atoms with Crippen molar-refractivity contribution in [3.63, 3.8) is 0 Å². The van der Waals surface area contributed by atoms with Crippen molar-refractivity contribution in [2.24, 2.45) is 23.7 Å². The van der Waals surface area contributed by atoms with Crippen molar-refractivity contribution >= 4 is 35.0 Å². The number of likely N-dealkylation sites (tertiary alicyclic amines) is 1. The van der Waals surface area contributed by atoms with Crippen molar-refractivity contribution in [2.45, 2.75) is 83.2 Å². The van der Waals surface area contributed by atoms with Gasteiger partial charge in [0.15, 0.2) is 0 Å². The largest absolute Gasteiger partial charge is 0.359 e. The number of hydrogen-bond donors (Lipinski definition) is 2. The van der Waals surface area contributed by atoms with Gasteiger partial charge in [-0.25, -0.2) is 0 Å². The second-order valence-electron chi connectivity index (χ2n) is 12.9. The first-order chi connectivity index (χ1) is 20.1. The second-order valence-corrected chi connectivity index (χ2v) is 13.3. The molecule has 1 aliphatic carbocycles. The third-order valence-electron chi connectivity index (χ3n) is 10.1. The van der Waals surface area contributed by atoms with E-state index in [4.69, 9.17) is 16.3 Å². The summed E-state index contributed by atoms with van der Waals surface area (Å²) in [6.45, 7) is 8.80. The van der Waals surface area contributed by atoms with E-state index in [0.29, 0.717) is 28.5 Å². The molecule has 3 amide bonds. The van der Waals surface area contributed by atoms with Crippen LogP contribution in [0.2, 0.25) is 5.02 Å². The molecule has 1 spiro atoms. The first-order valence-corrected chi connectivity index (χ1v) is 15.6. The lowest BCUT2D eigenvalue weighted by molar-refractivity contribution is -0.142. The van der Waals surface area contributed by atoms with Gasteiger partial charge in [0.2, 0.25) is 17.7 Å². The number of benzene rings is 2. The molecule has 2 aromatic carbocycles. The molecule has 6 rings (SSSR count). The van der Waals surface area contributed by atoms with Crippen molar-refractivity contribution in [1.82, 2.24) is 10.2 Å². The van der Waals surface area contributed by atoms with Gasteiger partial charge in [0.1, 0.15) is 11.6 Å². The fourth-order valence-electron chi connectivity index (χ4n) is 7.47. The SMILES string of the molecule is CC(C)c1ccc(NC(=O)[C@H]2[C@H]3C=C[C@@]4(O3)[C@H]2C(=O)N(Cc2ccccc2Cl)[C@@H]4C(=O)N[C@@H]2CCC[C@@H](C)[C@@H]2C)cc1. The van der Waals surface area contributed by atoms with Crippen molar-refractivity contribution in [3.8, 4) is 0 Å². The Morgan fingerprint density at radius 3 is 2.52 bits per heavy atom. The van der Waals surface area contributed by atoms with Gasteiger partial charge in [-0.1, -0.05) is 94.6 Å². The lowest BCUT2D eigenvalue weighted by Gasteiger charge is -2.38. The molecule has 4 aliphatic rings. The van der Waals surface area contributed by atoms with E-state index in [1.807, 2.05) is 54.6 Å². The van der Waals surface area contributed by atoms with Gasteiger partial charge in [-0.15, -0.1) is 0 Å². The summed E-state index contributed by atoms with van der Waals surface area (Å²) in [4.78, 5) is 43.9. The summed E-state index contributed by atoms with van der Waals surface area (Å²) < 4.78 is 6.52. The van der Waals surface area contributed by atoms with Crippen LogP contribution in [0, 0.1) is 23.7 Å². The van der Waals surface area contributed by atoms with E-state index in [2.05, 4.69) is 38.3 Å². The Morgan fingerprint density at radius 1 is 1.07 bits per heavy atom. The van der Waals surface area contributed by atoms with Gasteiger partial charge in [-0.2, -0.15) is 0 Å². The summed E-state index contributed by atoms with van der Waals surface area (Å²) >= 11 is 6.52. The van der Waals surface area contributed by atoms with E-state index in [9.17, 15) is 14.4 Å². The topological polar surface area (TPSA) is 87.7 Å². The molecular weight excluding hydrogens is 550 g/mol. The predicted molar refractivity (Wildman–Crippen MR) is 163 cm³/mol. The van der Waals surface area contributed by atoms with E-state index in [1.165, 1.54) is 5.56 Å². The third-order valence-corrected chi connectivity index (χ3v) is 10.5. The Kier molecular flexibility index (Phi) is 7.69. The van der Waals surface area contributed by atoms with Crippen LogP contribution in [0.25, 0.3) is 0 Å². The molecule has 0 unspecified atom stereocenters. The highest BCUT2D eigenvalue weighted by Crippen LogP contribution is 2.55. The number of anilines is 1. The van der Waals surface area contributed by atoms with Gasteiger partial charge in [0, 0.05) is 23.3 Å². The molecule has 8 heteroatoms. The van der Waals surface area contributed by atoms with Crippen LogP contribution < -0.4 is 10.6 Å². The number of nitrogens with zero attached hydrogens (tertiary/aromatic N) is 1. The molecule has 1 saturated carbocycles. The maximum absolute atomic E-state index is 14.3. The van der Waals surface area contributed by atoms with Crippen LogP contribution in [-0.2, 0) is 25.7 Å². The van der Waals surface area contributed by atoms with Crippen LogP contribution in [-0.4, -0.2) is 46.4 Å². The smallest absolute Gasteiger partial charge is 0.246 e. The molecule has 0 aromatic heterocycles. The van der Waals surface area contributed by atoms with Gasteiger partial charge < -0.3 is 20.3 Å². The monoisotopic (exact) mass is 589 g/mol. The number of carbonyl (C=O) groups excluding carboxylic acids is 3. The summed E-state index contributed by atoms with van der Waals surface area (Å²) in [5.74, 6) is -1.16. The number of nitrogens with one attached hydrogen (secondary N) is 2. The molecule has 2 saturated heterocycles. The van der Waals surface area contributed by atoms with Crippen molar-refractivity contribution < 1.29 is 19.1 Å². The minimum Gasteiger partial charge on any atom is -0.359 e. The lowest BCUT2D eigenvalue weighted by Crippen LogP contribution is -2.57. The predicted octanol–water partition coefficient (Wildman–Crippen LogP) is 5.69. The highest BCUT2D eigenvalue weighted by molar-refractivity contribution is 6.31. The van der Waals surface area contributed by atoms with Gasteiger partial charge >= 0.3 is 0 Å². The molecule has 222 valence electrons. The molecule has 3 aliphatic heterocycles. The lowest BCUT2D eigenvalue weighted by atomic mass is 9.73. The molecule has 2 aromatic rings. The van der Waals surface area contributed by atoms with Gasteiger partial charge in [-0.3, -0.25) is 14.4 Å². The Hall–Kier alpha value is -3.16. The molecule has 8 atom stereocenters.